The molecule has 0 aliphatic carbocycles. The maximum Gasteiger partial charge on any atom is 0.180 e. The smallest absolute Gasteiger partial charge is 0.180 e. The Kier molecular flexibility index (Phi) is 3.71. The lowest BCUT2D eigenvalue weighted by Crippen LogP contribution is -2.41. The van der Waals surface area contributed by atoms with Crippen molar-refractivity contribution in [2.24, 2.45) is 11.8 Å². The summed E-state index contributed by atoms with van der Waals surface area (Å²) in [5.74, 6) is 5.83. The summed E-state index contributed by atoms with van der Waals surface area (Å²) in [6, 6.07) is 0. The van der Waals surface area contributed by atoms with Crippen molar-refractivity contribution in [3.63, 3.8) is 0 Å². The molecule has 1 aliphatic rings. The van der Waals surface area contributed by atoms with E-state index in [1.54, 1.807) is 0 Å². The van der Waals surface area contributed by atoms with E-state index in [9.17, 15) is 0 Å². The van der Waals surface area contributed by atoms with Crippen molar-refractivity contribution < 1.29 is 0 Å². The summed E-state index contributed by atoms with van der Waals surface area (Å²) in [6.07, 6.45) is 1.25. The number of nitrogens with two attached hydrogens (primary N) is 1. The first-order valence-corrected chi connectivity index (χ1v) is 4.56. The van der Waals surface area contributed by atoms with Crippen molar-refractivity contribution >= 4 is 17.3 Å². The first-order chi connectivity index (χ1) is 5.72. The number of rotatable bonds is 2. The highest BCUT2D eigenvalue weighted by Crippen LogP contribution is 2.12. The molecule has 1 heterocycles. The highest BCUT2D eigenvalue weighted by Gasteiger charge is 2.18. The van der Waals surface area contributed by atoms with Crippen molar-refractivity contribution in [1.82, 2.24) is 15.6 Å². The van der Waals surface area contributed by atoms with Gasteiger partial charge < -0.3 is 15.6 Å². The molecular weight excluding hydrogens is 172 g/mol. The minimum absolute atomic E-state index is 0.532. The van der Waals surface area contributed by atoms with Gasteiger partial charge in [0.1, 0.15) is 0 Å². The summed E-state index contributed by atoms with van der Waals surface area (Å²) in [4.78, 5) is 2.32. The molecule has 12 heavy (non-hydrogen) atoms. The lowest BCUT2D eigenvalue weighted by molar-refractivity contribution is 0.394. The molecule has 0 aromatic rings. The minimum Gasteiger partial charge on any atom is -0.361 e. The van der Waals surface area contributed by atoms with Crippen LogP contribution in [0.15, 0.2) is 0 Å². The number of hydrogen-bond acceptors (Lipinski definition) is 3. The number of hydrogen-bond donors (Lipinski definition) is 3. The lowest BCUT2D eigenvalue weighted by Gasteiger charge is -2.12. The molecule has 1 unspecified atom stereocenters. The van der Waals surface area contributed by atoms with Gasteiger partial charge in [0.2, 0.25) is 0 Å². The molecule has 1 rings (SSSR count). The van der Waals surface area contributed by atoms with E-state index in [1.165, 1.54) is 13.0 Å². The Morgan fingerprint density at radius 2 is 2.50 bits per heavy atom. The Morgan fingerprint density at radius 3 is 3.00 bits per heavy atom. The first kappa shape index (κ1) is 9.70. The van der Waals surface area contributed by atoms with Crippen LogP contribution in [0.3, 0.4) is 0 Å². The van der Waals surface area contributed by atoms with Crippen LogP contribution < -0.4 is 16.6 Å². The zero-order valence-electron chi connectivity index (χ0n) is 7.34. The van der Waals surface area contributed by atoms with Crippen molar-refractivity contribution in [1.29, 1.82) is 0 Å². The van der Waals surface area contributed by atoms with Crippen LogP contribution in [0, 0.1) is 5.92 Å². The molecule has 5 heteroatoms. The van der Waals surface area contributed by atoms with Gasteiger partial charge in [-0.1, -0.05) is 0 Å². The highest BCUT2D eigenvalue weighted by atomic mass is 32.1. The lowest BCUT2D eigenvalue weighted by atomic mass is 10.1. The molecule has 0 saturated carbocycles. The largest absolute Gasteiger partial charge is 0.361 e. The molecule has 4 nitrogen and oxygen atoms in total. The van der Waals surface area contributed by atoms with Crippen LogP contribution >= 0.6 is 12.2 Å². The minimum atomic E-state index is 0.532. The van der Waals surface area contributed by atoms with Gasteiger partial charge in [-0.25, -0.2) is 5.84 Å². The van der Waals surface area contributed by atoms with E-state index in [-0.39, 0.29) is 0 Å². The van der Waals surface area contributed by atoms with E-state index in [0.29, 0.717) is 11.0 Å². The maximum atomic E-state index is 5.12. The van der Waals surface area contributed by atoms with E-state index < -0.39 is 0 Å². The molecule has 0 bridgehead atoms. The van der Waals surface area contributed by atoms with Crippen LogP contribution in [0.1, 0.15) is 6.42 Å². The molecule has 1 saturated heterocycles. The molecule has 0 aromatic carbocycles. The summed E-state index contributed by atoms with van der Waals surface area (Å²) in [5, 5.41) is 3.60. The monoisotopic (exact) mass is 188 g/mol. The van der Waals surface area contributed by atoms with Crippen molar-refractivity contribution in [2.75, 3.05) is 26.7 Å². The van der Waals surface area contributed by atoms with Gasteiger partial charge in [0.25, 0.3) is 0 Å². The third-order valence-corrected chi connectivity index (χ3v) is 2.43. The molecular formula is C7H16N4S. The SMILES string of the molecule is CN1CCC(CNC(=S)NN)C1. The van der Waals surface area contributed by atoms with Crippen molar-refractivity contribution in [3.8, 4) is 0 Å². The molecule has 4 N–H and O–H groups in total. The summed E-state index contributed by atoms with van der Waals surface area (Å²) < 4.78 is 0. The van der Waals surface area contributed by atoms with Crippen molar-refractivity contribution in [2.45, 2.75) is 6.42 Å². The maximum absolute atomic E-state index is 5.12. The normalized spacial score (nSPS) is 24.0. The van der Waals surface area contributed by atoms with Gasteiger partial charge in [-0.15, -0.1) is 0 Å². The number of thiocarbonyl (C=S) groups is 1. The zero-order chi connectivity index (χ0) is 8.97. The Hall–Kier alpha value is -0.390. The fourth-order valence-corrected chi connectivity index (χ4v) is 1.56. The molecule has 0 radical (unpaired) electrons. The molecule has 0 amide bonds. The van der Waals surface area contributed by atoms with Gasteiger partial charge in [0.15, 0.2) is 5.11 Å². The van der Waals surface area contributed by atoms with Gasteiger partial charge in [-0.2, -0.15) is 0 Å². The molecule has 1 fully saturated rings. The fraction of sp³-hybridized carbons (Fsp3) is 0.857. The molecule has 0 aromatic heterocycles. The Balaban J connectivity index is 2.11. The number of likely N-dealkylation sites (tertiary alicyclic amines) is 1. The standard InChI is InChI=1S/C7H16N4S/c1-11-3-2-6(5-11)4-9-7(12)10-8/h6H,2-5,8H2,1H3,(H2,9,10,12). The molecule has 0 spiro atoms. The zero-order valence-corrected chi connectivity index (χ0v) is 8.16. The molecule has 1 aliphatic heterocycles. The summed E-state index contributed by atoms with van der Waals surface area (Å²) in [7, 11) is 2.14. The topological polar surface area (TPSA) is 53.3 Å². The highest BCUT2D eigenvalue weighted by molar-refractivity contribution is 7.80. The van der Waals surface area contributed by atoms with Crippen LogP contribution in [0.25, 0.3) is 0 Å². The number of nitrogens with one attached hydrogen (secondary N) is 2. The summed E-state index contributed by atoms with van der Waals surface area (Å²) in [6.45, 7) is 3.27. The van der Waals surface area contributed by atoms with Gasteiger partial charge in [-0.05, 0) is 38.1 Å². The quantitative estimate of drug-likeness (QED) is 0.303. The third-order valence-electron chi connectivity index (χ3n) is 2.17. The van der Waals surface area contributed by atoms with Crippen LogP contribution in [0.4, 0.5) is 0 Å². The third kappa shape index (κ3) is 2.92. The average molecular weight is 188 g/mol. The van der Waals surface area contributed by atoms with Gasteiger partial charge >= 0.3 is 0 Å². The van der Waals surface area contributed by atoms with Crippen LogP contribution in [-0.4, -0.2) is 36.7 Å². The summed E-state index contributed by atoms with van der Waals surface area (Å²) >= 11 is 4.86. The fourth-order valence-electron chi connectivity index (χ4n) is 1.48. The van der Waals surface area contributed by atoms with Crippen LogP contribution in [0.5, 0.6) is 0 Å². The van der Waals surface area contributed by atoms with Crippen LogP contribution in [0.2, 0.25) is 0 Å². The molecule has 1 atom stereocenters. The summed E-state index contributed by atoms with van der Waals surface area (Å²) in [5.41, 5.74) is 2.41. The second-order valence-electron chi connectivity index (χ2n) is 3.27. The van der Waals surface area contributed by atoms with E-state index in [1.807, 2.05) is 0 Å². The Bertz CT molecular complexity index is 161. The van der Waals surface area contributed by atoms with Gasteiger partial charge in [-0.3, -0.25) is 0 Å². The van der Waals surface area contributed by atoms with Gasteiger partial charge in [0, 0.05) is 13.1 Å². The predicted octanol–water partition coefficient (Wildman–Crippen LogP) is -0.724. The van der Waals surface area contributed by atoms with Gasteiger partial charge in [0.05, 0.1) is 0 Å². The molecule has 70 valence electrons. The second kappa shape index (κ2) is 4.59. The Labute approximate surface area is 78.5 Å². The number of nitrogens with zero attached hydrogens (tertiary/aromatic N) is 1. The first-order valence-electron chi connectivity index (χ1n) is 4.15. The van der Waals surface area contributed by atoms with E-state index in [0.717, 1.165) is 13.1 Å². The second-order valence-corrected chi connectivity index (χ2v) is 3.68. The predicted molar refractivity (Wildman–Crippen MR) is 53.5 cm³/mol. The van der Waals surface area contributed by atoms with E-state index in [2.05, 4.69) is 22.7 Å². The van der Waals surface area contributed by atoms with E-state index in [4.69, 9.17) is 18.1 Å². The van der Waals surface area contributed by atoms with Crippen molar-refractivity contribution in [3.05, 3.63) is 0 Å². The van der Waals surface area contributed by atoms with Crippen LogP contribution in [-0.2, 0) is 0 Å². The average Bonchev–Trinajstić information content (AvgIpc) is 2.47. The van der Waals surface area contributed by atoms with E-state index >= 15 is 0 Å². The Morgan fingerprint density at radius 1 is 1.75 bits per heavy atom. The number of hydrazine groups is 1.